The van der Waals surface area contributed by atoms with Gasteiger partial charge in [-0.15, -0.1) is 0 Å². The minimum absolute atomic E-state index is 0.0782. The van der Waals surface area contributed by atoms with Crippen LogP contribution in [-0.2, 0) is 21.5 Å². The third kappa shape index (κ3) is 3.12. The Morgan fingerprint density at radius 3 is 2.57 bits per heavy atom. The number of carbonyl (C=O) groups excluding carboxylic acids is 1. The molecular weight excluding hydrogens is 294 g/mol. The number of hydrogen-bond acceptors (Lipinski definition) is 5. The molecule has 2 aromatic rings. The van der Waals surface area contributed by atoms with Crippen LogP contribution in [0.3, 0.4) is 0 Å². The highest BCUT2D eigenvalue weighted by Gasteiger charge is 2.43. The standard InChI is InChI=1S/C17H21N3O3/c1-13-18-15(19-23-13)12-20(2)16(21)17(8-10-22-11-9-17)14-6-4-3-5-7-14/h3-7H,8-12H2,1-2H3. The van der Waals surface area contributed by atoms with E-state index in [1.54, 1.807) is 18.9 Å². The van der Waals surface area contributed by atoms with Crippen molar-refractivity contribution in [3.63, 3.8) is 0 Å². The first-order valence-electron chi connectivity index (χ1n) is 7.80. The first-order chi connectivity index (χ1) is 11.1. The minimum Gasteiger partial charge on any atom is -0.381 e. The molecule has 0 unspecified atom stereocenters. The molecule has 1 fully saturated rings. The van der Waals surface area contributed by atoms with E-state index in [9.17, 15) is 4.79 Å². The maximum absolute atomic E-state index is 13.2. The van der Waals surface area contributed by atoms with Gasteiger partial charge in [-0.3, -0.25) is 4.79 Å². The van der Waals surface area contributed by atoms with Crippen LogP contribution in [0.4, 0.5) is 0 Å². The molecular formula is C17H21N3O3. The molecule has 1 aliphatic heterocycles. The maximum Gasteiger partial charge on any atom is 0.233 e. The fourth-order valence-electron chi connectivity index (χ4n) is 3.16. The second-order valence-electron chi connectivity index (χ2n) is 5.95. The van der Waals surface area contributed by atoms with E-state index in [0.29, 0.717) is 44.3 Å². The summed E-state index contributed by atoms with van der Waals surface area (Å²) < 4.78 is 10.5. The van der Waals surface area contributed by atoms with E-state index in [2.05, 4.69) is 10.1 Å². The van der Waals surface area contributed by atoms with Gasteiger partial charge in [-0.05, 0) is 18.4 Å². The number of ether oxygens (including phenoxy) is 1. The molecule has 122 valence electrons. The molecule has 0 aliphatic carbocycles. The number of carbonyl (C=O) groups is 1. The van der Waals surface area contributed by atoms with Crippen molar-refractivity contribution in [3.8, 4) is 0 Å². The topological polar surface area (TPSA) is 68.5 Å². The van der Waals surface area contributed by atoms with Gasteiger partial charge in [-0.2, -0.15) is 4.98 Å². The molecule has 0 bridgehead atoms. The van der Waals surface area contributed by atoms with Crippen molar-refractivity contribution in [1.82, 2.24) is 15.0 Å². The summed E-state index contributed by atoms with van der Waals surface area (Å²) >= 11 is 0. The number of aryl methyl sites for hydroxylation is 1. The second-order valence-corrected chi connectivity index (χ2v) is 5.95. The van der Waals surface area contributed by atoms with Gasteiger partial charge in [0.05, 0.1) is 12.0 Å². The zero-order valence-electron chi connectivity index (χ0n) is 13.5. The minimum atomic E-state index is -0.535. The van der Waals surface area contributed by atoms with Gasteiger partial charge in [0, 0.05) is 27.2 Å². The monoisotopic (exact) mass is 315 g/mol. The molecule has 1 saturated heterocycles. The largest absolute Gasteiger partial charge is 0.381 e. The van der Waals surface area contributed by atoms with Crippen LogP contribution in [0.5, 0.6) is 0 Å². The predicted octanol–water partition coefficient (Wildman–Crippen LogP) is 2.08. The zero-order valence-corrected chi connectivity index (χ0v) is 13.5. The summed E-state index contributed by atoms with van der Waals surface area (Å²) in [5.74, 6) is 1.10. The van der Waals surface area contributed by atoms with Crippen LogP contribution in [-0.4, -0.2) is 41.2 Å². The van der Waals surface area contributed by atoms with Crippen molar-refractivity contribution in [1.29, 1.82) is 0 Å². The molecule has 1 aliphatic rings. The van der Waals surface area contributed by atoms with E-state index in [0.717, 1.165) is 5.56 Å². The van der Waals surface area contributed by atoms with Gasteiger partial charge >= 0.3 is 0 Å². The molecule has 1 amide bonds. The van der Waals surface area contributed by atoms with Crippen LogP contribution in [0.1, 0.15) is 30.1 Å². The first kappa shape index (κ1) is 15.7. The molecule has 0 saturated carbocycles. The van der Waals surface area contributed by atoms with Crippen molar-refractivity contribution in [2.75, 3.05) is 20.3 Å². The number of rotatable bonds is 4. The van der Waals surface area contributed by atoms with Crippen molar-refractivity contribution in [2.24, 2.45) is 0 Å². The summed E-state index contributed by atoms with van der Waals surface area (Å²) in [6.45, 7) is 3.26. The van der Waals surface area contributed by atoms with Gasteiger partial charge in [-0.1, -0.05) is 35.5 Å². The lowest BCUT2D eigenvalue weighted by Gasteiger charge is -2.38. The fourth-order valence-corrected chi connectivity index (χ4v) is 3.16. The van der Waals surface area contributed by atoms with Crippen LogP contribution in [0.15, 0.2) is 34.9 Å². The number of amides is 1. The van der Waals surface area contributed by atoms with Crippen LogP contribution >= 0.6 is 0 Å². The molecule has 6 heteroatoms. The number of benzene rings is 1. The van der Waals surface area contributed by atoms with Crippen molar-refractivity contribution >= 4 is 5.91 Å². The fraction of sp³-hybridized carbons (Fsp3) is 0.471. The van der Waals surface area contributed by atoms with E-state index in [-0.39, 0.29) is 5.91 Å². The van der Waals surface area contributed by atoms with Crippen LogP contribution in [0.25, 0.3) is 0 Å². The third-order valence-corrected chi connectivity index (χ3v) is 4.38. The average Bonchev–Trinajstić information content (AvgIpc) is 3.00. The quantitative estimate of drug-likeness (QED) is 0.864. The average molecular weight is 315 g/mol. The summed E-state index contributed by atoms with van der Waals surface area (Å²) in [5.41, 5.74) is 0.511. The second kappa shape index (κ2) is 6.50. The van der Waals surface area contributed by atoms with Gasteiger partial charge in [-0.25, -0.2) is 0 Å². The Hall–Kier alpha value is -2.21. The predicted molar refractivity (Wildman–Crippen MR) is 83.7 cm³/mol. The lowest BCUT2D eigenvalue weighted by atomic mass is 9.73. The molecule has 6 nitrogen and oxygen atoms in total. The highest BCUT2D eigenvalue weighted by Crippen LogP contribution is 2.36. The maximum atomic E-state index is 13.2. The van der Waals surface area contributed by atoms with E-state index >= 15 is 0 Å². The summed E-state index contributed by atoms with van der Waals surface area (Å²) in [5, 5.41) is 3.87. The summed E-state index contributed by atoms with van der Waals surface area (Å²) in [4.78, 5) is 19.1. The zero-order chi connectivity index (χ0) is 16.3. The lowest BCUT2D eigenvalue weighted by Crippen LogP contribution is -2.48. The summed E-state index contributed by atoms with van der Waals surface area (Å²) in [6.07, 6.45) is 1.37. The SMILES string of the molecule is Cc1nc(CN(C)C(=O)C2(c3ccccc3)CCOCC2)no1. The summed E-state index contributed by atoms with van der Waals surface area (Å²) in [6, 6.07) is 9.96. The summed E-state index contributed by atoms with van der Waals surface area (Å²) in [7, 11) is 1.79. The Morgan fingerprint density at radius 1 is 1.26 bits per heavy atom. The molecule has 1 aromatic carbocycles. The molecule has 0 N–H and O–H groups in total. The highest BCUT2D eigenvalue weighted by atomic mass is 16.5. The molecule has 0 radical (unpaired) electrons. The smallest absolute Gasteiger partial charge is 0.233 e. The molecule has 23 heavy (non-hydrogen) atoms. The van der Waals surface area contributed by atoms with Crippen molar-refractivity contribution in [2.45, 2.75) is 31.7 Å². The van der Waals surface area contributed by atoms with Crippen molar-refractivity contribution in [3.05, 3.63) is 47.6 Å². The Balaban J connectivity index is 1.85. The van der Waals surface area contributed by atoms with E-state index < -0.39 is 5.41 Å². The lowest BCUT2D eigenvalue weighted by molar-refractivity contribution is -0.140. The molecule has 2 heterocycles. The number of hydrogen-bond donors (Lipinski definition) is 0. The van der Waals surface area contributed by atoms with Crippen LogP contribution in [0.2, 0.25) is 0 Å². The van der Waals surface area contributed by atoms with Gasteiger partial charge in [0.1, 0.15) is 0 Å². The Bertz CT molecular complexity index is 663. The molecule has 1 aromatic heterocycles. The van der Waals surface area contributed by atoms with E-state index in [4.69, 9.17) is 9.26 Å². The van der Waals surface area contributed by atoms with Gasteiger partial charge in [0.25, 0.3) is 0 Å². The highest BCUT2D eigenvalue weighted by molar-refractivity contribution is 5.88. The normalized spacial score (nSPS) is 17.0. The van der Waals surface area contributed by atoms with Gasteiger partial charge in [0.15, 0.2) is 5.82 Å². The van der Waals surface area contributed by atoms with Crippen LogP contribution in [0, 0.1) is 6.92 Å². The third-order valence-electron chi connectivity index (χ3n) is 4.38. The van der Waals surface area contributed by atoms with Gasteiger partial charge in [0.2, 0.25) is 11.8 Å². The van der Waals surface area contributed by atoms with E-state index in [1.807, 2.05) is 30.3 Å². The van der Waals surface area contributed by atoms with Gasteiger partial charge < -0.3 is 14.2 Å². The number of likely N-dealkylation sites (N-methyl/N-ethyl adjacent to an activating group) is 1. The Labute approximate surface area is 135 Å². The number of nitrogens with zero attached hydrogens (tertiary/aromatic N) is 3. The Morgan fingerprint density at radius 2 is 1.96 bits per heavy atom. The molecule has 0 spiro atoms. The molecule has 3 rings (SSSR count). The molecule has 0 atom stereocenters. The number of aromatic nitrogens is 2. The van der Waals surface area contributed by atoms with Crippen LogP contribution < -0.4 is 0 Å². The van der Waals surface area contributed by atoms with Crippen molar-refractivity contribution < 1.29 is 14.1 Å². The Kier molecular flexibility index (Phi) is 4.43. The van der Waals surface area contributed by atoms with E-state index in [1.165, 1.54) is 0 Å². The first-order valence-corrected chi connectivity index (χ1v) is 7.80.